The van der Waals surface area contributed by atoms with Crippen molar-refractivity contribution in [2.75, 3.05) is 13.7 Å². The van der Waals surface area contributed by atoms with Gasteiger partial charge in [-0.15, -0.1) is 0 Å². The Bertz CT molecular complexity index is 1020. The second-order valence-corrected chi connectivity index (χ2v) is 11.9. The van der Waals surface area contributed by atoms with Crippen molar-refractivity contribution in [1.29, 1.82) is 0 Å². The number of benzene rings is 1. The number of hydrogen-bond donors (Lipinski definition) is 0. The fraction of sp³-hybridized carbons (Fsp3) is 0.679. The zero-order valence-electron chi connectivity index (χ0n) is 21.4. The van der Waals surface area contributed by atoms with Crippen molar-refractivity contribution in [2.24, 2.45) is 23.7 Å². The molecule has 3 fully saturated rings. The first-order valence-electron chi connectivity index (χ1n) is 13.0. The number of piperidine rings is 1. The number of nitrogens with zero attached hydrogens (tertiary/aromatic N) is 1. The third-order valence-electron chi connectivity index (χ3n) is 8.30. The number of likely N-dealkylation sites (tertiary alicyclic amines) is 1. The molecule has 4 aliphatic rings. The average Bonchev–Trinajstić information content (AvgIpc) is 3.41. The first-order chi connectivity index (χ1) is 16.6. The molecule has 35 heavy (non-hydrogen) atoms. The molecule has 0 aromatic heterocycles. The summed E-state index contributed by atoms with van der Waals surface area (Å²) < 4.78 is 17.1. The van der Waals surface area contributed by atoms with Crippen LogP contribution in [0.3, 0.4) is 0 Å². The lowest BCUT2D eigenvalue weighted by atomic mass is 9.81. The highest BCUT2D eigenvalue weighted by atomic mass is 16.6. The van der Waals surface area contributed by atoms with Crippen LogP contribution in [0, 0.1) is 23.7 Å². The monoisotopic (exact) mass is 483 g/mol. The molecule has 1 amide bonds. The first kappa shape index (κ1) is 24.1. The van der Waals surface area contributed by atoms with E-state index in [9.17, 15) is 14.4 Å². The SMILES string of the molecule is COC(=O)[C@@H](C)[C@H](c1ccc2c(c1)OC(C1CC3CC1CN3C(=O)OC(C)(C)C)CC2=O)C1CC1. The molecule has 0 N–H and O–H groups in total. The molecule has 1 aromatic rings. The van der Waals surface area contributed by atoms with E-state index in [1.165, 1.54) is 7.11 Å². The molecule has 4 unspecified atom stereocenters. The number of amides is 1. The van der Waals surface area contributed by atoms with E-state index in [-0.39, 0.29) is 47.7 Å². The molecule has 2 saturated carbocycles. The first-order valence-corrected chi connectivity index (χ1v) is 13.0. The number of Topliss-reactive ketones (excluding diaryl/α,β-unsaturated/α-hetero) is 1. The second kappa shape index (κ2) is 8.82. The molecule has 7 heteroatoms. The number of ether oxygens (including phenoxy) is 3. The maximum atomic E-state index is 13.1. The maximum Gasteiger partial charge on any atom is 0.410 e. The summed E-state index contributed by atoms with van der Waals surface area (Å²) in [5.74, 6) is 1.38. The molecular weight excluding hydrogens is 446 g/mol. The lowest BCUT2D eigenvalue weighted by Gasteiger charge is -2.38. The molecule has 7 nitrogen and oxygen atoms in total. The van der Waals surface area contributed by atoms with Crippen LogP contribution in [0.4, 0.5) is 4.79 Å². The highest BCUT2D eigenvalue weighted by molar-refractivity contribution is 6.00. The van der Waals surface area contributed by atoms with Gasteiger partial charge >= 0.3 is 12.1 Å². The number of carbonyl (C=O) groups is 3. The third-order valence-corrected chi connectivity index (χ3v) is 8.30. The second-order valence-electron chi connectivity index (χ2n) is 11.9. The topological polar surface area (TPSA) is 82.1 Å². The van der Waals surface area contributed by atoms with Gasteiger partial charge in [-0.3, -0.25) is 9.59 Å². The number of rotatable bonds is 5. The number of carbonyl (C=O) groups excluding carboxylic acids is 3. The Morgan fingerprint density at radius 2 is 1.91 bits per heavy atom. The van der Waals surface area contributed by atoms with E-state index in [2.05, 4.69) is 0 Å². The van der Waals surface area contributed by atoms with Crippen LogP contribution in [0.15, 0.2) is 18.2 Å². The molecule has 6 atom stereocenters. The normalized spacial score (nSPS) is 29.3. The summed E-state index contributed by atoms with van der Waals surface area (Å²) >= 11 is 0. The number of methoxy groups -OCH3 is 1. The van der Waals surface area contributed by atoms with Gasteiger partial charge in [-0.1, -0.05) is 13.0 Å². The standard InChI is InChI=1S/C28H37NO6/c1-15(26(31)33-5)25(16-6-7-16)17-8-9-20-22(30)13-24(34-23(20)11-17)21-12-19-10-18(21)14-29(19)27(32)35-28(2,3)4/h8-9,11,15-16,18-19,21,24-25H,6-7,10,12-14H2,1-5H3/t15-,18?,19?,21?,24?,25-/m0/s1. The van der Waals surface area contributed by atoms with Crippen LogP contribution < -0.4 is 4.74 Å². The van der Waals surface area contributed by atoms with Crippen LogP contribution in [0.25, 0.3) is 0 Å². The van der Waals surface area contributed by atoms with Crippen LogP contribution >= 0.6 is 0 Å². The Morgan fingerprint density at radius 3 is 2.51 bits per heavy atom. The summed E-state index contributed by atoms with van der Waals surface area (Å²) in [5, 5.41) is 0. The van der Waals surface area contributed by atoms with Gasteiger partial charge in [-0.05, 0) is 81.9 Å². The van der Waals surface area contributed by atoms with Gasteiger partial charge in [0.2, 0.25) is 0 Å². The summed E-state index contributed by atoms with van der Waals surface area (Å²) in [6.45, 7) is 8.24. The van der Waals surface area contributed by atoms with E-state index >= 15 is 0 Å². The van der Waals surface area contributed by atoms with E-state index in [0.717, 1.165) is 31.2 Å². The van der Waals surface area contributed by atoms with Crippen LogP contribution in [0.5, 0.6) is 5.75 Å². The molecule has 2 aliphatic carbocycles. The smallest absolute Gasteiger partial charge is 0.410 e. The number of fused-ring (bicyclic) bond motifs is 3. The molecular formula is C28H37NO6. The van der Waals surface area contributed by atoms with Gasteiger partial charge in [0.25, 0.3) is 0 Å². The van der Waals surface area contributed by atoms with Gasteiger partial charge in [-0.2, -0.15) is 0 Å². The summed E-state index contributed by atoms with van der Waals surface area (Å²) in [6, 6.07) is 5.99. The number of ketones is 1. The minimum atomic E-state index is -0.512. The fourth-order valence-corrected chi connectivity index (χ4v) is 6.56. The Kier molecular flexibility index (Phi) is 6.09. The maximum absolute atomic E-state index is 13.1. The van der Waals surface area contributed by atoms with E-state index in [0.29, 0.717) is 36.1 Å². The lowest BCUT2D eigenvalue weighted by molar-refractivity contribution is -0.145. The van der Waals surface area contributed by atoms with Crippen molar-refractivity contribution in [1.82, 2.24) is 4.90 Å². The van der Waals surface area contributed by atoms with Gasteiger partial charge < -0.3 is 19.1 Å². The van der Waals surface area contributed by atoms with Crippen molar-refractivity contribution < 1.29 is 28.6 Å². The van der Waals surface area contributed by atoms with Crippen molar-refractivity contribution in [3.05, 3.63) is 29.3 Å². The van der Waals surface area contributed by atoms with Crippen LogP contribution in [-0.4, -0.2) is 54.1 Å². The van der Waals surface area contributed by atoms with Crippen LogP contribution in [0.2, 0.25) is 0 Å². The quantitative estimate of drug-likeness (QED) is 0.550. The van der Waals surface area contributed by atoms with Gasteiger partial charge in [-0.25, -0.2) is 4.79 Å². The lowest BCUT2D eigenvalue weighted by Crippen LogP contribution is -2.46. The molecule has 2 bridgehead atoms. The molecule has 190 valence electrons. The van der Waals surface area contributed by atoms with Gasteiger partial charge in [0.1, 0.15) is 17.5 Å². The van der Waals surface area contributed by atoms with E-state index in [1.54, 1.807) is 0 Å². The summed E-state index contributed by atoms with van der Waals surface area (Å²) in [5.41, 5.74) is 1.16. The average molecular weight is 484 g/mol. The molecule has 5 rings (SSSR count). The molecule has 2 heterocycles. The molecule has 2 aliphatic heterocycles. The Labute approximate surface area is 207 Å². The van der Waals surface area contributed by atoms with Gasteiger partial charge in [0.05, 0.1) is 18.6 Å². The molecule has 1 saturated heterocycles. The van der Waals surface area contributed by atoms with Crippen molar-refractivity contribution >= 4 is 17.8 Å². The van der Waals surface area contributed by atoms with E-state index in [1.807, 2.05) is 50.8 Å². The summed E-state index contributed by atoms with van der Waals surface area (Å²) in [6.07, 6.45) is 3.92. The van der Waals surface area contributed by atoms with Crippen LogP contribution in [-0.2, 0) is 14.3 Å². The minimum absolute atomic E-state index is 0.0664. The highest BCUT2D eigenvalue weighted by Crippen LogP contribution is 2.50. The predicted octanol–water partition coefficient (Wildman–Crippen LogP) is 4.97. The highest BCUT2D eigenvalue weighted by Gasteiger charge is 2.51. The van der Waals surface area contributed by atoms with Crippen molar-refractivity contribution in [3.63, 3.8) is 0 Å². The number of esters is 1. The van der Waals surface area contributed by atoms with E-state index < -0.39 is 5.60 Å². The largest absolute Gasteiger partial charge is 0.489 e. The Hall–Kier alpha value is -2.57. The zero-order valence-corrected chi connectivity index (χ0v) is 21.4. The summed E-state index contributed by atoms with van der Waals surface area (Å²) in [4.78, 5) is 39.9. The van der Waals surface area contributed by atoms with Crippen molar-refractivity contribution in [3.8, 4) is 5.75 Å². The molecule has 1 aromatic carbocycles. The predicted molar refractivity (Wildman–Crippen MR) is 129 cm³/mol. The Morgan fingerprint density at radius 1 is 1.17 bits per heavy atom. The summed E-state index contributed by atoms with van der Waals surface area (Å²) in [7, 11) is 1.43. The van der Waals surface area contributed by atoms with Crippen molar-refractivity contribution in [2.45, 2.75) is 83.5 Å². The zero-order chi connectivity index (χ0) is 25.1. The fourth-order valence-electron chi connectivity index (χ4n) is 6.56. The van der Waals surface area contributed by atoms with Gasteiger partial charge in [0.15, 0.2) is 5.78 Å². The van der Waals surface area contributed by atoms with Crippen LogP contribution in [0.1, 0.15) is 81.6 Å². The van der Waals surface area contributed by atoms with Gasteiger partial charge in [0, 0.05) is 24.9 Å². The number of hydrogen-bond acceptors (Lipinski definition) is 6. The molecule has 0 radical (unpaired) electrons. The molecule has 0 spiro atoms. The van der Waals surface area contributed by atoms with E-state index in [4.69, 9.17) is 14.2 Å². The third kappa shape index (κ3) is 4.66. The Balaban J connectivity index is 1.31. The minimum Gasteiger partial charge on any atom is -0.489 e.